The van der Waals surface area contributed by atoms with Crippen molar-refractivity contribution < 1.29 is 13.5 Å². The fourth-order valence-corrected chi connectivity index (χ4v) is 3.78. The Kier molecular flexibility index (Phi) is 4.49. The average Bonchev–Trinajstić information content (AvgIpc) is 2.84. The molecule has 0 spiro atoms. The normalized spacial score (nSPS) is 23.7. The summed E-state index contributed by atoms with van der Waals surface area (Å²) in [5, 5.41) is 12.8. The number of aliphatic hydroxyl groups excluding tert-OH is 1. The molecule has 0 aromatic heterocycles. The summed E-state index contributed by atoms with van der Waals surface area (Å²) in [7, 11) is -2.04. The SMILES string of the molecule is CC(C)c1ccc(S(=O)(=O)N(C)[C@@H]2CNC[C@H]2O)cc1. The highest BCUT2D eigenvalue weighted by Crippen LogP contribution is 2.22. The van der Waals surface area contributed by atoms with Crippen LogP contribution in [0.15, 0.2) is 29.2 Å². The lowest BCUT2D eigenvalue weighted by molar-refractivity contribution is 0.136. The van der Waals surface area contributed by atoms with Crippen molar-refractivity contribution in [3.05, 3.63) is 29.8 Å². The topological polar surface area (TPSA) is 69.6 Å². The molecule has 2 N–H and O–H groups in total. The molecule has 2 rings (SSSR count). The Morgan fingerprint density at radius 3 is 2.30 bits per heavy atom. The van der Waals surface area contributed by atoms with Crippen LogP contribution in [0.25, 0.3) is 0 Å². The molecule has 0 saturated carbocycles. The molecule has 5 nitrogen and oxygen atoms in total. The Morgan fingerprint density at radius 1 is 1.25 bits per heavy atom. The first kappa shape index (κ1) is 15.4. The molecule has 1 aromatic rings. The van der Waals surface area contributed by atoms with E-state index in [4.69, 9.17) is 0 Å². The van der Waals surface area contributed by atoms with Gasteiger partial charge in [-0.15, -0.1) is 0 Å². The monoisotopic (exact) mass is 298 g/mol. The van der Waals surface area contributed by atoms with Gasteiger partial charge in [-0.05, 0) is 23.6 Å². The van der Waals surface area contributed by atoms with Crippen molar-refractivity contribution in [2.75, 3.05) is 20.1 Å². The fourth-order valence-electron chi connectivity index (χ4n) is 2.39. The highest BCUT2D eigenvalue weighted by molar-refractivity contribution is 7.89. The van der Waals surface area contributed by atoms with Crippen LogP contribution in [-0.2, 0) is 10.0 Å². The maximum absolute atomic E-state index is 12.5. The number of aliphatic hydroxyl groups is 1. The van der Waals surface area contributed by atoms with Crippen LogP contribution in [0.1, 0.15) is 25.3 Å². The molecule has 112 valence electrons. The molecule has 1 heterocycles. The molecular formula is C14H22N2O3S. The number of hydrogen-bond donors (Lipinski definition) is 2. The van der Waals surface area contributed by atoms with E-state index in [2.05, 4.69) is 19.2 Å². The van der Waals surface area contributed by atoms with Crippen LogP contribution in [0.5, 0.6) is 0 Å². The van der Waals surface area contributed by atoms with Crippen LogP contribution in [0, 0.1) is 0 Å². The van der Waals surface area contributed by atoms with Crippen molar-refractivity contribution in [1.82, 2.24) is 9.62 Å². The zero-order valence-electron chi connectivity index (χ0n) is 12.1. The number of benzene rings is 1. The van der Waals surface area contributed by atoms with Crippen LogP contribution in [-0.4, -0.2) is 50.1 Å². The molecule has 1 aliphatic heterocycles. The lowest BCUT2D eigenvalue weighted by atomic mass is 10.0. The summed E-state index contributed by atoms with van der Waals surface area (Å²) >= 11 is 0. The van der Waals surface area contributed by atoms with Gasteiger partial charge in [-0.1, -0.05) is 26.0 Å². The van der Waals surface area contributed by atoms with Crippen molar-refractivity contribution in [2.45, 2.75) is 36.8 Å². The third-order valence-corrected chi connectivity index (χ3v) is 5.74. The number of sulfonamides is 1. The molecule has 1 fully saturated rings. The zero-order valence-corrected chi connectivity index (χ0v) is 12.9. The third kappa shape index (κ3) is 2.88. The van der Waals surface area contributed by atoms with Gasteiger partial charge in [0.05, 0.1) is 17.0 Å². The molecule has 1 aromatic carbocycles. The smallest absolute Gasteiger partial charge is 0.243 e. The largest absolute Gasteiger partial charge is 0.390 e. The summed E-state index contributed by atoms with van der Waals surface area (Å²) in [6, 6.07) is 6.54. The summed E-state index contributed by atoms with van der Waals surface area (Å²) in [4.78, 5) is 0.267. The van der Waals surface area contributed by atoms with Crippen LogP contribution in [0.3, 0.4) is 0 Å². The van der Waals surface area contributed by atoms with E-state index in [1.165, 1.54) is 11.4 Å². The van der Waals surface area contributed by atoms with Crippen molar-refractivity contribution in [2.24, 2.45) is 0 Å². The van der Waals surface area contributed by atoms with Crippen molar-refractivity contribution in [3.8, 4) is 0 Å². The lowest BCUT2D eigenvalue weighted by Gasteiger charge is -2.25. The molecule has 0 bridgehead atoms. The van der Waals surface area contributed by atoms with E-state index >= 15 is 0 Å². The van der Waals surface area contributed by atoms with Gasteiger partial charge in [-0.25, -0.2) is 8.42 Å². The van der Waals surface area contributed by atoms with Crippen LogP contribution < -0.4 is 5.32 Å². The molecule has 0 amide bonds. The van der Waals surface area contributed by atoms with Crippen molar-refractivity contribution in [3.63, 3.8) is 0 Å². The summed E-state index contributed by atoms with van der Waals surface area (Å²) in [6.07, 6.45) is -0.662. The number of nitrogens with one attached hydrogen (secondary N) is 1. The molecule has 1 aliphatic rings. The van der Waals surface area contributed by atoms with E-state index in [1.54, 1.807) is 12.1 Å². The molecule has 0 unspecified atom stereocenters. The molecule has 1 saturated heterocycles. The van der Waals surface area contributed by atoms with E-state index in [0.29, 0.717) is 19.0 Å². The van der Waals surface area contributed by atoms with Gasteiger partial charge in [0.25, 0.3) is 0 Å². The second-order valence-electron chi connectivity index (χ2n) is 5.54. The Morgan fingerprint density at radius 2 is 1.85 bits per heavy atom. The van der Waals surface area contributed by atoms with E-state index in [1.807, 2.05) is 12.1 Å². The Bertz CT molecular complexity index is 554. The van der Waals surface area contributed by atoms with Gasteiger partial charge in [0.2, 0.25) is 10.0 Å². The van der Waals surface area contributed by atoms with Gasteiger partial charge in [0, 0.05) is 20.1 Å². The van der Waals surface area contributed by atoms with Gasteiger partial charge in [-0.3, -0.25) is 0 Å². The molecule has 2 atom stereocenters. The van der Waals surface area contributed by atoms with Gasteiger partial charge >= 0.3 is 0 Å². The van der Waals surface area contributed by atoms with Crippen LogP contribution in [0.4, 0.5) is 0 Å². The minimum atomic E-state index is -3.56. The third-order valence-electron chi connectivity index (χ3n) is 3.84. The number of rotatable bonds is 4. The average molecular weight is 298 g/mol. The second-order valence-corrected chi connectivity index (χ2v) is 7.54. The molecule has 20 heavy (non-hydrogen) atoms. The van der Waals surface area contributed by atoms with Gasteiger partial charge < -0.3 is 10.4 Å². The molecular weight excluding hydrogens is 276 g/mol. The second kappa shape index (κ2) is 5.81. The first-order valence-corrected chi connectivity index (χ1v) is 8.25. The first-order chi connectivity index (χ1) is 9.34. The quantitative estimate of drug-likeness (QED) is 0.861. The Labute approximate surface area is 120 Å². The summed E-state index contributed by atoms with van der Waals surface area (Å²) in [5.74, 6) is 0.366. The Balaban J connectivity index is 2.25. The summed E-state index contributed by atoms with van der Waals surface area (Å²) < 4.78 is 26.3. The minimum Gasteiger partial charge on any atom is -0.390 e. The highest BCUT2D eigenvalue weighted by Gasteiger charge is 2.35. The number of β-amino-alcohol motifs (C(OH)–C–C–N with tert-alkyl or cyclic N) is 1. The fraction of sp³-hybridized carbons (Fsp3) is 0.571. The maximum Gasteiger partial charge on any atom is 0.243 e. The molecule has 0 radical (unpaired) electrons. The standard InChI is InChI=1S/C14H22N2O3S/c1-10(2)11-4-6-12(7-5-11)20(18,19)16(3)13-8-15-9-14(13)17/h4-7,10,13-15,17H,8-9H2,1-3H3/t13-,14-/m1/s1. The van der Waals surface area contributed by atoms with E-state index in [0.717, 1.165) is 5.56 Å². The van der Waals surface area contributed by atoms with Gasteiger partial charge in [-0.2, -0.15) is 4.31 Å². The van der Waals surface area contributed by atoms with Crippen LogP contribution in [0.2, 0.25) is 0 Å². The van der Waals surface area contributed by atoms with E-state index < -0.39 is 22.2 Å². The minimum absolute atomic E-state index is 0.267. The number of nitrogens with zero attached hydrogens (tertiary/aromatic N) is 1. The van der Waals surface area contributed by atoms with Crippen molar-refractivity contribution in [1.29, 1.82) is 0 Å². The Hall–Kier alpha value is -0.950. The molecule has 0 aliphatic carbocycles. The van der Waals surface area contributed by atoms with E-state index in [-0.39, 0.29) is 4.90 Å². The number of hydrogen-bond acceptors (Lipinski definition) is 4. The lowest BCUT2D eigenvalue weighted by Crippen LogP contribution is -2.44. The highest BCUT2D eigenvalue weighted by atomic mass is 32.2. The predicted octanol–water partition coefficient (Wildman–Crippen LogP) is 0.763. The van der Waals surface area contributed by atoms with Gasteiger partial charge in [0.1, 0.15) is 0 Å². The molecule has 6 heteroatoms. The van der Waals surface area contributed by atoms with E-state index in [9.17, 15) is 13.5 Å². The predicted molar refractivity (Wildman–Crippen MR) is 78.1 cm³/mol. The summed E-state index contributed by atoms with van der Waals surface area (Å²) in [5.41, 5.74) is 1.11. The summed E-state index contributed by atoms with van der Waals surface area (Å²) in [6.45, 7) is 5.03. The van der Waals surface area contributed by atoms with Crippen molar-refractivity contribution >= 4 is 10.0 Å². The zero-order chi connectivity index (χ0) is 14.9. The first-order valence-electron chi connectivity index (χ1n) is 6.81. The van der Waals surface area contributed by atoms with Crippen LogP contribution >= 0.6 is 0 Å². The number of likely N-dealkylation sites (N-methyl/N-ethyl adjacent to an activating group) is 1. The van der Waals surface area contributed by atoms with Gasteiger partial charge in [0.15, 0.2) is 0 Å². The maximum atomic E-state index is 12.5.